The van der Waals surface area contributed by atoms with Gasteiger partial charge in [-0.05, 0) is 29.8 Å². The minimum atomic E-state index is -0.364. The molecule has 0 aliphatic carbocycles. The van der Waals surface area contributed by atoms with Crippen molar-refractivity contribution < 1.29 is 13.9 Å². The molecule has 1 aromatic heterocycles. The van der Waals surface area contributed by atoms with Gasteiger partial charge in [0.25, 0.3) is 0 Å². The second-order valence-corrected chi connectivity index (χ2v) is 6.07. The molecule has 0 spiro atoms. The predicted molar refractivity (Wildman–Crippen MR) is 93.9 cm³/mol. The highest BCUT2D eigenvalue weighted by Crippen LogP contribution is 2.38. The number of rotatable bonds is 3. The van der Waals surface area contributed by atoms with Crippen LogP contribution >= 0.6 is 11.6 Å². The summed E-state index contributed by atoms with van der Waals surface area (Å²) >= 11 is 6.30. The minimum Gasteiger partial charge on any atom is -0.489 e. The Hall–Kier alpha value is -2.60. The Morgan fingerprint density at radius 1 is 1.16 bits per heavy atom. The zero-order chi connectivity index (χ0) is 17.2. The molecule has 0 saturated heterocycles. The Balaban J connectivity index is 1.62. The van der Waals surface area contributed by atoms with Crippen molar-refractivity contribution in [3.8, 4) is 11.5 Å². The lowest BCUT2D eigenvalue weighted by molar-refractivity contribution is 0.297. The van der Waals surface area contributed by atoms with Gasteiger partial charge >= 0.3 is 0 Å². The Morgan fingerprint density at radius 2 is 2.04 bits per heavy atom. The number of fused-ring (bicyclic) bond motifs is 2. The number of aromatic nitrogens is 2. The molecule has 4 rings (SSSR count). The van der Waals surface area contributed by atoms with E-state index in [0.29, 0.717) is 53.0 Å². The molecule has 1 N–H and O–H groups in total. The van der Waals surface area contributed by atoms with Crippen molar-refractivity contribution in [2.75, 3.05) is 18.5 Å². The van der Waals surface area contributed by atoms with Crippen LogP contribution in [0.5, 0.6) is 11.5 Å². The summed E-state index contributed by atoms with van der Waals surface area (Å²) in [5.41, 5.74) is 1.44. The van der Waals surface area contributed by atoms with Gasteiger partial charge in [0.15, 0.2) is 11.5 Å². The van der Waals surface area contributed by atoms with Crippen molar-refractivity contribution in [1.29, 1.82) is 0 Å². The number of anilines is 1. The van der Waals surface area contributed by atoms with Crippen LogP contribution in [0.4, 0.5) is 10.2 Å². The van der Waals surface area contributed by atoms with E-state index in [0.717, 1.165) is 12.0 Å². The van der Waals surface area contributed by atoms with Gasteiger partial charge in [-0.1, -0.05) is 17.7 Å². The fourth-order valence-corrected chi connectivity index (χ4v) is 3.06. The predicted octanol–water partition coefficient (Wildman–Crippen LogP) is 4.20. The number of benzene rings is 2. The molecule has 2 aromatic carbocycles. The van der Waals surface area contributed by atoms with Crippen LogP contribution in [0.1, 0.15) is 12.0 Å². The molecule has 25 heavy (non-hydrogen) atoms. The smallest absolute Gasteiger partial charge is 0.179 e. The summed E-state index contributed by atoms with van der Waals surface area (Å²) in [5.74, 6) is 1.27. The monoisotopic (exact) mass is 359 g/mol. The fraction of sp³-hybridized carbons (Fsp3) is 0.222. The standard InChI is InChI=1S/C18H15ClFN3O2/c19-12-7-11(8-15-17(12)25-6-2-5-24-15)9-21-18-16-13(20)3-1-4-14(16)22-10-23-18/h1,3-4,7-8,10H,2,5-6,9H2,(H,21,22,23). The Kier molecular flexibility index (Phi) is 4.28. The fourth-order valence-electron chi connectivity index (χ4n) is 2.77. The van der Waals surface area contributed by atoms with E-state index in [1.807, 2.05) is 12.1 Å². The largest absolute Gasteiger partial charge is 0.489 e. The summed E-state index contributed by atoms with van der Waals surface area (Å²) < 4.78 is 25.4. The second-order valence-electron chi connectivity index (χ2n) is 5.67. The van der Waals surface area contributed by atoms with Gasteiger partial charge in [0, 0.05) is 13.0 Å². The highest BCUT2D eigenvalue weighted by atomic mass is 35.5. The van der Waals surface area contributed by atoms with E-state index in [4.69, 9.17) is 21.1 Å². The lowest BCUT2D eigenvalue weighted by atomic mass is 10.2. The number of hydrogen-bond donors (Lipinski definition) is 1. The number of halogens is 2. The van der Waals surface area contributed by atoms with E-state index >= 15 is 0 Å². The van der Waals surface area contributed by atoms with Crippen LogP contribution in [0, 0.1) is 5.82 Å². The second kappa shape index (κ2) is 6.72. The van der Waals surface area contributed by atoms with Crippen LogP contribution in [0.15, 0.2) is 36.7 Å². The van der Waals surface area contributed by atoms with E-state index in [1.54, 1.807) is 12.1 Å². The van der Waals surface area contributed by atoms with E-state index in [1.165, 1.54) is 12.4 Å². The summed E-state index contributed by atoms with van der Waals surface area (Å²) in [6.45, 7) is 1.58. The molecule has 0 amide bonds. The van der Waals surface area contributed by atoms with Crippen LogP contribution in [0.25, 0.3) is 10.9 Å². The third-order valence-corrected chi connectivity index (χ3v) is 4.21. The Bertz CT molecular complexity index is 930. The SMILES string of the molecule is Fc1cccc2ncnc(NCc3cc(Cl)c4c(c3)OCCCO4)c12. The molecule has 0 radical (unpaired) electrons. The molecule has 0 bridgehead atoms. The van der Waals surface area contributed by atoms with E-state index in [9.17, 15) is 4.39 Å². The van der Waals surface area contributed by atoms with Gasteiger partial charge < -0.3 is 14.8 Å². The first-order valence-corrected chi connectivity index (χ1v) is 8.31. The normalized spacial score (nSPS) is 13.5. The van der Waals surface area contributed by atoms with Crippen molar-refractivity contribution in [2.24, 2.45) is 0 Å². The first-order valence-electron chi connectivity index (χ1n) is 7.93. The molecule has 2 heterocycles. The van der Waals surface area contributed by atoms with E-state index in [2.05, 4.69) is 15.3 Å². The number of ether oxygens (including phenoxy) is 2. The third kappa shape index (κ3) is 3.17. The summed E-state index contributed by atoms with van der Waals surface area (Å²) in [6.07, 6.45) is 2.22. The van der Waals surface area contributed by atoms with E-state index < -0.39 is 0 Å². The molecule has 0 unspecified atom stereocenters. The van der Waals surface area contributed by atoms with Crippen molar-refractivity contribution >= 4 is 28.3 Å². The molecule has 128 valence electrons. The van der Waals surface area contributed by atoms with Crippen molar-refractivity contribution in [1.82, 2.24) is 9.97 Å². The minimum absolute atomic E-state index is 0.364. The first-order chi connectivity index (χ1) is 12.2. The highest BCUT2D eigenvalue weighted by molar-refractivity contribution is 6.32. The van der Waals surface area contributed by atoms with Crippen LogP contribution in [0.3, 0.4) is 0 Å². The molecule has 3 aromatic rings. The van der Waals surface area contributed by atoms with Gasteiger partial charge in [-0.25, -0.2) is 14.4 Å². The average Bonchev–Trinajstić information content (AvgIpc) is 2.86. The number of hydrogen-bond acceptors (Lipinski definition) is 5. The maximum Gasteiger partial charge on any atom is 0.179 e. The molecular formula is C18H15ClFN3O2. The van der Waals surface area contributed by atoms with Gasteiger partial charge in [0.1, 0.15) is 18.0 Å². The van der Waals surface area contributed by atoms with Gasteiger partial charge in [-0.3, -0.25) is 0 Å². The zero-order valence-corrected chi connectivity index (χ0v) is 14.0. The summed E-state index contributed by atoms with van der Waals surface area (Å²) in [5, 5.41) is 4.01. The van der Waals surface area contributed by atoms with Crippen molar-refractivity contribution in [3.05, 3.63) is 53.1 Å². The number of nitrogens with one attached hydrogen (secondary N) is 1. The molecule has 0 saturated carbocycles. The summed E-state index contributed by atoms with van der Waals surface area (Å²) in [4.78, 5) is 8.25. The van der Waals surface area contributed by atoms with Gasteiger partial charge in [-0.2, -0.15) is 0 Å². The molecule has 0 atom stereocenters. The summed E-state index contributed by atoms with van der Waals surface area (Å²) in [6, 6.07) is 8.44. The van der Waals surface area contributed by atoms with Gasteiger partial charge in [0.2, 0.25) is 0 Å². The molecule has 1 aliphatic rings. The molecule has 1 aliphatic heterocycles. The van der Waals surface area contributed by atoms with Crippen molar-refractivity contribution in [2.45, 2.75) is 13.0 Å². The summed E-state index contributed by atoms with van der Waals surface area (Å²) in [7, 11) is 0. The average molecular weight is 360 g/mol. The molecule has 0 fully saturated rings. The lowest BCUT2D eigenvalue weighted by Crippen LogP contribution is -2.04. The van der Waals surface area contributed by atoms with Crippen LogP contribution < -0.4 is 14.8 Å². The lowest BCUT2D eigenvalue weighted by Gasteiger charge is -2.13. The highest BCUT2D eigenvalue weighted by Gasteiger charge is 2.16. The molecule has 7 heteroatoms. The first kappa shape index (κ1) is 15.9. The zero-order valence-electron chi connectivity index (χ0n) is 13.3. The Morgan fingerprint density at radius 3 is 2.96 bits per heavy atom. The van der Waals surface area contributed by atoms with Gasteiger partial charge in [0.05, 0.1) is 29.1 Å². The quantitative estimate of drug-likeness (QED) is 0.759. The van der Waals surface area contributed by atoms with Crippen molar-refractivity contribution in [3.63, 3.8) is 0 Å². The van der Waals surface area contributed by atoms with Crippen LogP contribution in [0.2, 0.25) is 5.02 Å². The van der Waals surface area contributed by atoms with Crippen LogP contribution in [-0.4, -0.2) is 23.2 Å². The number of nitrogens with zero attached hydrogens (tertiary/aromatic N) is 2. The maximum atomic E-state index is 14.1. The topological polar surface area (TPSA) is 56.3 Å². The van der Waals surface area contributed by atoms with Gasteiger partial charge in [-0.15, -0.1) is 0 Å². The van der Waals surface area contributed by atoms with Crippen LogP contribution in [-0.2, 0) is 6.54 Å². The molecular weight excluding hydrogens is 345 g/mol. The van der Waals surface area contributed by atoms with E-state index in [-0.39, 0.29) is 5.82 Å². The Labute approximate surface area is 148 Å². The molecule has 5 nitrogen and oxygen atoms in total. The maximum absolute atomic E-state index is 14.1. The third-order valence-electron chi connectivity index (χ3n) is 3.93.